The van der Waals surface area contributed by atoms with Crippen LogP contribution in [0.3, 0.4) is 0 Å². The van der Waals surface area contributed by atoms with Crippen LogP contribution >= 0.6 is 0 Å². The number of allylic oxidation sites excluding steroid dienone is 6. The van der Waals surface area contributed by atoms with Gasteiger partial charge in [0.2, 0.25) is 5.95 Å². The highest BCUT2D eigenvalue weighted by Crippen LogP contribution is 2.32. The highest BCUT2D eigenvalue weighted by atomic mass is 19.1. The minimum Gasteiger partial charge on any atom is -0.494 e. The van der Waals surface area contributed by atoms with Crippen molar-refractivity contribution in [3.05, 3.63) is 83.6 Å². The van der Waals surface area contributed by atoms with Crippen molar-refractivity contribution in [1.82, 2.24) is 9.97 Å². The minimum atomic E-state index is -0.863. The summed E-state index contributed by atoms with van der Waals surface area (Å²) in [5, 5.41) is 3.08. The van der Waals surface area contributed by atoms with Crippen LogP contribution < -0.4 is 19.5 Å². The molecule has 1 N–H and O–H groups in total. The van der Waals surface area contributed by atoms with Gasteiger partial charge in [0.25, 0.3) is 0 Å². The summed E-state index contributed by atoms with van der Waals surface area (Å²) in [6.45, 7) is 0.771. The van der Waals surface area contributed by atoms with E-state index in [-0.39, 0.29) is 28.9 Å². The number of rotatable bonds is 9. The molecular formula is C24H23F2N3O5. The molecule has 0 amide bonds. The molecule has 4 rings (SSSR count). The zero-order chi connectivity index (χ0) is 23.9. The van der Waals surface area contributed by atoms with E-state index in [1.54, 1.807) is 0 Å². The highest BCUT2D eigenvalue weighted by Gasteiger charge is 2.21. The maximum Gasteiger partial charge on any atom is 0.227 e. The fourth-order valence-corrected chi connectivity index (χ4v) is 3.03. The number of anilines is 1. The summed E-state index contributed by atoms with van der Waals surface area (Å²) in [6.07, 6.45) is 14.0. The molecule has 1 aromatic heterocycles. The van der Waals surface area contributed by atoms with Gasteiger partial charge in [0.05, 0.1) is 45.4 Å². The largest absolute Gasteiger partial charge is 0.494 e. The van der Waals surface area contributed by atoms with Crippen molar-refractivity contribution >= 4 is 5.95 Å². The molecule has 34 heavy (non-hydrogen) atoms. The summed E-state index contributed by atoms with van der Waals surface area (Å²) in [6, 6.07) is 1.14. The summed E-state index contributed by atoms with van der Waals surface area (Å²) < 4.78 is 55.2. The lowest BCUT2D eigenvalue weighted by Gasteiger charge is -2.27. The summed E-state index contributed by atoms with van der Waals surface area (Å²) in [5.41, 5.74) is 0.408. The van der Waals surface area contributed by atoms with E-state index >= 15 is 0 Å². The smallest absolute Gasteiger partial charge is 0.227 e. The Bertz CT molecular complexity index is 1110. The Labute approximate surface area is 195 Å². The van der Waals surface area contributed by atoms with Gasteiger partial charge in [0.1, 0.15) is 18.5 Å². The van der Waals surface area contributed by atoms with E-state index in [1.807, 2.05) is 36.5 Å². The predicted molar refractivity (Wildman–Crippen MR) is 120 cm³/mol. The normalized spacial score (nSPS) is 17.9. The third-order valence-electron chi connectivity index (χ3n) is 4.92. The molecule has 0 atom stereocenters. The van der Waals surface area contributed by atoms with Crippen LogP contribution in [0.25, 0.3) is 0 Å². The topological polar surface area (TPSA) is 84.0 Å². The first-order valence-electron chi connectivity index (χ1n) is 10.4. The standard InChI is InChI=1S/C24H23F2N3O5/c1-30-20-9-21(31-2)23(26)19(22(20)25)14-33-17-10-27-24(28-11-17)29-15-5-3-4-6-16(8-7-15)34-18-12-32-13-18/h3-11,18H,12-14H2,1-2H3,(H,27,28,29)/b4-3?,5-3?,6-4+,8-7?,15-5?,15-7?,16-6?,16-8+. The molecule has 1 aliphatic heterocycles. The summed E-state index contributed by atoms with van der Waals surface area (Å²) in [5.74, 6) is -0.754. The quantitative estimate of drug-likeness (QED) is 0.586. The number of hydrogen-bond acceptors (Lipinski definition) is 8. The van der Waals surface area contributed by atoms with Crippen molar-refractivity contribution < 1.29 is 32.5 Å². The van der Waals surface area contributed by atoms with E-state index in [0.717, 1.165) is 17.5 Å². The number of nitrogens with one attached hydrogen (secondary N) is 1. The molecule has 0 radical (unpaired) electrons. The third kappa shape index (κ3) is 5.52. The maximum atomic E-state index is 14.5. The Kier molecular flexibility index (Phi) is 7.38. The lowest BCUT2D eigenvalue weighted by molar-refractivity contribution is -0.105. The second-order valence-corrected chi connectivity index (χ2v) is 7.23. The third-order valence-corrected chi connectivity index (χ3v) is 4.92. The highest BCUT2D eigenvalue weighted by molar-refractivity contribution is 5.45. The lowest BCUT2D eigenvalue weighted by atomic mass is 10.1. The van der Waals surface area contributed by atoms with Crippen molar-refractivity contribution in [3.63, 3.8) is 0 Å². The predicted octanol–water partition coefficient (Wildman–Crippen LogP) is 4.07. The zero-order valence-electron chi connectivity index (χ0n) is 18.6. The van der Waals surface area contributed by atoms with Crippen LogP contribution in [0, 0.1) is 11.6 Å². The van der Waals surface area contributed by atoms with Gasteiger partial charge in [-0.15, -0.1) is 0 Å². The van der Waals surface area contributed by atoms with Gasteiger partial charge >= 0.3 is 0 Å². The number of benzene rings is 1. The van der Waals surface area contributed by atoms with Crippen molar-refractivity contribution in [2.24, 2.45) is 0 Å². The number of methoxy groups -OCH3 is 2. The molecule has 178 valence electrons. The molecule has 0 bridgehead atoms. The van der Waals surface area contributed by atoms with Gasteiger partial charge in [-0.3, -0.25) is 0 Å². The van der Waals surface area contributed by atoms with Crippen molar-refractivity contribution in [3.8, 4) is 17.2 Å². The summed E-state index contributed by atoms with van der Waals surface area (Å²) >= 11 is 0. The molecule has 0 spiro atoms. The lowest BCUT2D eigenvalue weighted by Crippen LogP contribution is -2.35. The molecule has 2 aliphatic rings. The summed E-state index contributed by atoms with van der Waals surface area (Å²) in [7, 11) is 2.56. The van der Waals surface area contributed by atoms with E-state index in [2.05, 4.69) is 15.3 Å². The number of aromatic nitrogens is 2. The second-order valence-electron chi connectivity index (χ2n) is 7.23. The van der Waals surface area contributed by atoms with Crippen molar-refractivity contribution in [2.45, 2.75) is 12.7 Å². The Morgan fingerprint density at radius 3 is 2.29 bits per heavy atom. The molecule has 10 heteroatoms. The summed E-state index contributed by atoms with van der Waals surface area (Å²) in [4.78, 5) is 8.39. The number of halogens is 2. The Hall–Kier alpha value is -3.92. The van der Waals surface area contributed by atoms with Crippen molar-refractivity contribution in [2.75, 3.05) is 32.8 Å². The van der Waals surface area contributed by atoms with Crippen LogP contribution in [0.15, 0.2) is 66.4 Å². The zero-order valence-corrected chi connectivity index (χ0v) is 18.6. The van der Waals surface area contributed by atoms with Crippen LogP contribution in [-0.2, 0) is 16.1 Å². The van der Waals surface area contributed by atoms with Gasteiger partial charge < -0.3 is 29.0 Å². The van der Waals surface area contributed by atoms with Crippen molar-refractivity contribution in [1.29, 1.82) is 0 Å². The van der Waals surface area contributed by atoms with E-state index in [9.17, 15) is 8.78 Å². The fraction of sp³-hybridized carbons (Fsp3) is 0.250. The maximum absolute atomic E-state index is 14.5. The Morgan fingerprint density at radius 1 is 1.00 bits per heavy atom. The molecular weight excluding hydrogens is 448 g/mol. The molecule has 2 heterocycles. The molecule has 2 aromatic rings. The Morgan fingerprint density at radius 2 is 1.68 bits per heavy atom. The first-order valence-corrected chi connectivity index (χ1v) is 10.4. The molecule has 1 aliphatic carbocycles. The molecule has 1 fully saturated rings. The molecule has 8 nitrogen and oxygen atoms in total. The fourth-order valence-electron chi connectivity index (χ4n) is 3.03. The molecule has 0 unspecified atom stereocenters. The van der Waals surface area contributed by atoms with Crippen LogP contribution in [-0.4, -0.2) is 43.5 Å². The first-order chi connectivity index (χ1) is 16.6. The van der Waals surface area contributed by atoms with E-state index in [1.165, 1.54) is 26.6 Å². The average molecular weight is 471 g/mol. The monoisotopic (exact) mass is 471 g/mol. The number of ether oxygens (including phenoxy) is 5. The molecule has 1 aromatic carbocycles. The van der Waals surface area contributed by atoms with E-state index < -0.39 is 18.2 Å². The van der Waals surface area contributed by atoms with Gasteiger partial charge in [-0.25, -0.2) is 18.7 Å². The Balaban J connectivity index is 1.40. The van der Waals surface area contributed by atoms with Gasteiger partial charge in [-0.2, -0.15) is 0 Å². The van der Waals surface area contributed by atoms with Gasteiger partial charge in [-0.1, -0.05) is 12.2 Å². The molecule has 0 saturated carbocycles. The van der Waals surface area contributed by atoms with Crippen LogP contribution in [0.5, 0.6) is 17.2 Å². The van der Waals surface area contributed by atoms with Crippen LogP contribution in [0.4, 0.5) is 14.7 Å². The molecule has 1 saturated heterocycles. The van der Waals surface area contributed by atoms with Gasteiger partial charge in [-0.05, 0) is 24.3 Å². The van der Waals surface area contributed by atoms with Crippen LogP contribution in [0.2, 0.25) is 0 Å². The van der Waals surface area contributed by atoms with Gasteiger partial charge in [0, 0.05) is 11.8 Å². The number of hydrogen-bond donors (Lipinski definition) is 1. The second kappa shape index (κ2) is 10.8. The SMILES string of the molecule is COc1cc(OC)c(F)c(COc2cnc(NC3=C/C=C(OC4COC4)\C=C\C=C3)nc2)c1F. The number of nitrogens with zero attached hydrogens (tertiary/aromatic N) is 2. The first kappa shape index (κ1) is 23.2. The van der Waals surface area contributed by atoms with Crippen LogP contribution in [0.1, 0.15) is 5.56 Å². The average Bonchev–Trinajstić information content (AvgIpc) is 2.80. The van der Waals surface area contributed by atoms with Gasteiger partial charge in [0.15, 0.2) is 28.9 Å². The van der Waals surface area contributed by atoms with E-state index in [4.69, 9.17) is 23.7 Å². The minimum absolute atomic E-state index is 0.0694. The van der Waals surface area contributed by atoms with E-state index in [0.29, 0.717) is 19.2 Å².